The summed E-state index contributed by atoms with van der Waals surface area (Å²) < 4.78 is 21.6. The van der Waals surface area contributed by atoms with E-state index in [2.05, 4.69) is 26.6 Å². The number of hydrogen-bond acceptors (Lipinski definition) is 8. The van der Waals surface area contributed by atoms with E-state index in [9.17, 15) is 14.9 Å². The molecular formula is C36H31BrN4O5S. The Morgan fingerprint density at radius 2 is 1.87 bits per heavy atom. The largest absolute Gasteiger partial charge is 0.493 e. The van der Waals surface area contributed by atoms with Crippen LogP contribution >= 0.6 is 27.3 Å². The van der Waals surface area contributed by atoms with Gasteiger partial charge in [0, 0.05) is 33.7 Å². The fraction of sp³-hybridized carbons (Fsp3) is 0.222. The number of aromatic nitrogens is 2. The number of ether oxygens (including phenoxy) is 3. The molecule has 6 rings (SSSR count). The van der Waals surface area contributed by atoms with Gasteiger partial charge in [0.15, 0.2) is 16.3 Å². The molecular weight excluding hydrogens is 680 g/mol. The molecule has 2 aromatic heterocycles. The van der Waals surface area contributed by atoms with E-state index in [4.69, 9.17) is 19.2 Å². The van der Waals surface area contributed by atoms with Gasteiger partial charge in [-0.05, 0) is 62.2 Å². The lowest BCUT2D eigenvalue weighted by atomic mass is 9.95. The number of fused-ring (bicyclic) bond motifs is 2. The van der Waals surface area contributed by atoms with E-state index in [1.807, 2.05) is 67.7 Å². The Bertz CT molecular complexity index is 2290. The molecule has 0 spiro atoms. The van der Waals surface area contributed by atoms with Crippen molar-refractivity contribution in [1.82, 2.24) is 9.13 Å². The second-order valence-electron chi connectivity index (χ2n) is 10.8. The van der Waals surface area contributed by atoms with Crippen LogP contribution in [0.3, 0.4) is 0 Å². The van der Waals surface area contributed by atoms with Gasteiger partial charge in [-0.2, -0.15) is 5.26 Å². The third-order valence-corrected chi connectivity index (χ3v) is 9.65. The van der Waals surface area contributed by atoms with E-state index in [1.165, 1.54) is 11.3 Å². The summed E-state index contributed by atoms with van der Waals surface area (Å²) >= 11 is 4.93. The predicted octanol–water partition coefficient (Wildman–Crippen LogP) is 5.84. The fourth-order valence-electron chi connectivity index (χ4n) is 5.89. The molecule has 9 nitrogen and oxygen atoms in total. The lowest BCUT2D eigenvalue weighted by molar-refractivity contribution is -0.139. The van der Waals surface area contributed by atoms with Gasteiger partial charge in [-0.15, -0.1) is 0 Å². The molecule has 0 bridgehead atoms. The van der Waals surface area contributed by atoms with Gasteiger partial charge in [0.1, 0.15) is 0 Å². The van der Waals surface area contributed by atoms with E-state index in [-0.39, 0.29) is 17.7 Å². The number of nitrogens with zero attached hydrogens (tertiary/aromatic N) is 4. The maximum Gasteiger partial charge on any atom is 0.338 e. The molecule has 3 aromatic carbocycles. The summed E-state index contributed by atoms with van der Waals surface area (Å²) in [5.41, 5.74) is 4.41. The maximum absolute atomic E-state index is 14.4. The highest BCUT2D eigenvalue weighted by molar-refractivity contribution is 9.10. The lowest BCUT2D eigenvalue weighted by Crippen LogP contribution is -2.40. The van der Waals surface area contributed by atoms with Crippen LogP contribution in [0, 0.1) is 11.3 Å². The summed E-state index contributed by atoms with van der Waals surface area (Å²) in [5.74, 6) is 0.453. The molecule has 0 amide bonds. The number of carbonyl (C=O) groups is 1. The average molecular weight is 712 g/mol. The van der Waals surface area contributed by atoms with Crippen LogP contribution in [0.25, 0.3) is 17.0 Å². The number of thiazole rings is 1. The normalized spacial score (nSPS) is 14.5. The van der Waals surface area contributed by atoms with Crippen molar-refractivity contribution in [2.75, 3.05) is 20.3 Å². The Labute approximate surface area is 283 Å². The number of benzene rings is 3. The van der Waals surface area contributed by atoms with Crippen molar-refractivity contribution in [2.24, 2.45) is 4.99 Å². The van der Waals surface area contributed by atoms with Crippen LogP contribution in [-0.4, -0.2) is 35.4 Å². The van der Waals surface area contributed by atoms with Gasteiger partial charge in [0.25, 0.3) is 5.56 Å². The Morgan fingerprint density at radius 1 is 1.11 bits per heavy atom. The number of nitriles is 1. The number of para-hydroxylation sites is 1. The molecule has 0 unspecified atom stereocenters. The first-order chi connectivity index (χ1) is 22.8. The first-order valence-corrected chi connectivity index (χ1v) is 16.7. The molecule has 1 atom stereocenters. The summed E-state index contributed by atoms with van der Waals surface area (Å²) in [6.45, 7) is 6.48. The molecule has 3 heterocycles. The minimum Gasteiger partial charge on any atom is -0.493 e. The molecule has 5 aromatic rings. The summed E-state index contributed by atoms with van der Waals surface area (Å²) in [6, 6.07) is 20.5. The molecule has 47 heavy (non-hydrogen) atoms. The average Bonchev–Trinajstić information content (AvgIpc) is 3.57. The Morgan fingerprint density at radius 3 is 2.62 bits per heavy atom. The number of esters is 1. The van der Waals surface area contributed by atoms with E-state index in [0.29, 0.717) is 55.3 Å². The van der Waals surface area contributed by atoms with Crippen LogP contribution in [0.4, 0.5) is 0 Å². The van der Waals surface area contributed by atoms with Gasteiger partial charge in [0.05, 0.1) is 53.8 Å². The minimum atomic E-state index is -0.838. The molecule has 1 aliphatic heterocycles. The van der Waals surface area contributed by atoms with Crippen molar-refractivity contribution >= 4 is 50.2 Å². The summed E-state index contributed by atoms with van der Waals surface area (Å²) in [6.07, 6.45) is 3.87. The van der Waals surface area contributed by atoms with E-state index < -0.39 is 12.0 Å². The van der Waals surface area contributed by atoms with Crippen molar-refractivity contribution in [2.45, 2.75) is 33.4 Å². The second kappa shape index (κ2) is 13.4. The quantitative estimate of drug-likeness (QED) is 0.178. The SMILES string of the molecule is CCOC(=O)C1=C(C)N=c2s/c(=C/c3cn(Cc4ccccc4C#N)c4ccccc34)c(=O)n2[C@@H]1c1cc(OC)c(OCC)cc1Br. The summed E-state index contributed by atoms with van der Waals surface area (Å²) in [4.78, 5) is 33.0. The van der Waals surface area contributed by atoms with Crippen LogP contribution in [0.5, 0.6) is 11.5 Å². The molecule has 0 fully saturated rings. The third-order valence-electron chi connectivity index (χ3n) is 7.98. The van der Waals surface area contributed by atoms with Crippen molar-refractivity contribution in [3.05, 3.63) is 125 Å². The highest BCUT2D eigenvalue weighted by Crippen LogP contribution is 2.41. The van der Waals surface area contributed by atoms with Gasteiger partial charge in [-0.3, -0.25) is 9.36 Å². The van der Waals surface area contributed by atoms with Crippen molar-refractivity contribution < 1.29 is 19.0 Å². The van der Waals surface area contributed by atoms with Crippen LogP contribution in [0.2, 0.25) is 0 Å². The topological polar surface area (TPSA) is 108 Å². The monoisotopic (exact) mass is 710 g/mol. The van der Waals surface area contributed by atoms with Crippen LogP contribution in [-0.2, 0) is 16.1 Å². The maximum atomic E-state index is 14.4. The zero-order valence-electron chi connectivity index (χ0n) is 26.2. The molecule has 0 radical (unpaired) electrons. The first kappa shape index (κ1) is 32.0. The Balaban J connectivity index is 1.54. The highest BCUT2D eigenvalue weighted by atomic mass is 79.9. The smallest absolute Gasteiger partial charge is 0.338 e. The minimum absolute atomic E-state index is 0.170. The Kier molecular flexibility index (Phi) is 9.16. The van der Waals surface area contributed by atoms with E-state index >= 15 is 0 Å². The third kappa shape index (κ3) is 5.90. The van der Waals surface area contributed by atoms with Gasteiger partial charge in [-0.25, -0.2) is 9.79 Å². The standard InChI is InChI=1S/C36H31BrN4O5S/c1-5-45-30-17-27(37)26(16-29(30)44-4)33-32(35(43)46-6-2)21(3)39-36-41(33)34(42)31(47-36)15-24-20-40(28-14-10-9-13-25(24)28)19-23-12-8-7-11-22(23)18-38/h7-17,20,33H,5-6,19H2,1-4H3/b31-15+/t33-/m1/s1. The van der Waals surface area contributed by atoms with Gasteiger partial charge >= 0.3 is 5.97 Å². The molecule has 11 heteroatoms. The second-order valence-corrected chi connectivity index (χ2v) is 12.6. The first-order valence-electron chi connectivity index (χ1n) is 15.0. The number of hydrogen-bond donors (Lipinski definition) is 0. The molecule has 238 valence electrons. The van der Waals surface area contributed by atoms with Crippen LogP contribution in [0.15, 0.2) is 92.4 Å². The molecule has 0 N–H and O–H groups in total. The summed E-state index contributed by atoms with van der Waals surface area (Å²) in [5, 5.41) is 10.6. The van der Waals surface area contributed by atoms with Crippen LogP contribution < -0.4 is 24.4 Å². The zero-order valence-corrected chi connectivity index (χ0v) is 28.6. The van der Waals surface area contributed by atoms with Crippen molar-refractivity contribution in [3.8, 4) is 17.6 Å². The van der Waals surface area contributed by atoms with Gasteiger partial charge in [-0.1, -0.05) is 63.7 Å². The van der Waals surface area contributed by atoms with E-state index in [1.54, 1.807) is 37.7 Å². The number of allylic oxidation sites excluding steroid dienone is 1. The highest BCUT2D eigenvalue weighted by Gasteiger charge is 2.35. The van der Waals surface area contributed by atoms with Gasteiger partial charge in [0.2, 0.25) is 0 Å². The number of carbonyl (C=O) groups excluding carboxylic acids is 1. The van der Waals surface area contributed by atoms with Crippen molar-refractivity contribution in [1.29, 1.82) is 5.26 Å². The van der Waals surface area contributed by atoms with Gasteiger partial charge < -0.3 is 18.8 Å². The number of rotatable bonds is 9. The lowest BCUT2D eigenvalue weighted by Gasteiger charge is -2.26. The van der Waals surface area contributed by atoms with Crippen molar-refractivity contribution in [3.63, 3.8) is 0 Å². The zero-order chi connectivity index (χ0) is 33.2. The molecule has 0 saturated carbocycles. The van der Waals surface area contributed by atoms with Crippen LogP contribution in [0.1, 0.15) is 49.1 Å². The number of halogens is 1. The molecule has 0 aliphatic carbocycles. The summed E-state index contributed by atoms with van der Waals surface area (Å²) in [7, 11) is 1.55. The molecule has 0 saturated heterocycles. The molecule has 1 aliphatic rings. The predicted molar refractivity (Wildman–Crippen MR) is 184 cm³/mol. The Hall–Kier alpha value is -4.92. The van der Waals surface area contributed by atoms with E-state index in [0.717, 1.165) is 22.0 Å². The number of methoxy groups -OCH3 is 1. The fourth-order valence-corrected chi connectivity index (χ4v) is 7.46.